The van der Waals surface area contributed by atoms with E-state index in [1.807, 2.05) is 60.0 Å². The van der Waals surface area contributed by atoms with Crippen LogP contribution in [-0.2, 0) is 20.1 Å². The smallest absolute Gasteiger partial charge is 0.272 e. The maximum absolute atomic E-state index is 7.49. The molecule has 12 heteroatoms. The van der Waals surface area contributed by atoms with Gasteiger partial charge in [0, 0.05) is 66.2 Å². The summed E-state index contributed by atoms with van der Waals surface area (Å²) in [6, 6.07) is 8.11. The van der Waals surface area contributed by atoms with Gasteiger partial charge in [-0.1, -0.05) is 18.2 Å². The fraction of sp³-hybridized carbons (Fsp3) is 0.286. The van der Waals surface area contributed by atoms with Crippen molar-refractivity contribution in [3.63, 3.8) is 0 Å². The molecule has 5 aromatic rings. The summed E-state index contributed by atoms with van der Waals surface area (Å²) >= 11 is 0. The lowest BCUT2D eigenvalue weighted by Gasteiger charge is -2.13. The van der Waals surface area contributed by atoms with Crippen molar-refractivity contribution in [1.82, 2.24) is 44.4 Å². The molecular formula is C28H31N12+. The molecule has 12 nitrogen and oxygen atoms in total. The van der Waals surface area contributed by atoms with Gasteiger partial charge in [0.2, 0.25) is 0 Å². The average molecular weight is 536 g/mol. The molecule has 0 aliphatic carbocycles. The third kappa shape index (κ3) is 5.82. The number of benzene rings is 1. The van der Waals surface area contributed by atoms with Gasteiger partial charge in [0.1, 0.15) is 6.54 Å². The minimum atomic E-state index is 0.280. The van der Waals surface area contributed by atoms with E-state index in [4.69, 9.17) is 5.53 Å². The highest BCUT2D eigenvalue weighted by atomic mass is 15.3. The van der Waals surface area contributed by atoms with Crippen molar-refractivity contribution in [2.24, 2.45) is 12.2 Å². The van der Waals surface area contributed by atoms with Crippen molar-refractivity contribution in [3.05, 3.63) is 73.2 Å². The maximum Gasteiger partial charge on any atom is 0.272 e. The normalized spacial score (nSPS) is 13.6. The summed E-state index contributed by atoms with van der Waals surface area (Å²) in [5.74, 6) is 1.50. The first-order valence-corrected chi connectivity index (χ1v) is 13.4. The summed E-state index contributed by atoms with van der Waals surface area (Å²) in [4.78, 5) is 20.8. The highest BCUT2D eigenvalue weighted by Crippen LogP contribution is 2.23. The van der Waals surface area contributed by atoms with Crippen LogP contribution < -0.4 is 5.32 Å². The monoisotopic (exact) mass is 535 g/mol. The first-order chi connectivity index (χ1) is 19.6. The second-order valence-corrected chi connectivity index (χ2v) is 9.92. The number of likely N-dealkylation sites (tertiary alicyclic amines) is 1. The molecule has 0 bridgehead atoms. The second kappa shape index (κ2) is 11.6. The predicted octanol–water partition coefficient (Wildman–Crippen LogP) is 3.35. The molecule has 0 unspecified atom stereocenters. The highest BCUT2D eigenvalue weighted by molar-refractivity contribution is 5.63. The van der Waals surface area contributed by atoms with E-state index in [2.05, 4.69) is 52.4 Å². The summed E-state index contributed by atoms with van der Waals surface area (Å²) < 4.78 is 3.71. The Labute approximate surface area is 231 Å². The number of aromatic nitrogens is 8. The Kier molecular flexibility index (Phi) is 7.42. The fourth-order valence-corrected chi connectivity index (χ4v) is 4.88. The Morgan fingerprint density at radius 2 is 1.70 bits per heavy atom. The van der Waals surface area contributed by atoms with Crippen LogP contribution in [0.2, 0.25) is 0 Å². The Bertz CT molecular complexity index is 1600. The minimum absolute atomic E-state index is 0.280. The summed E-state index contributed by atoms with van der Waals surface area (Å²) in [7, 11) is 1.85. The molecule has 40 heavy (non-hydrogen) atoms. The SMILES string of the molecule is Cn1cc(-c2cnc(N=N)c([NH2+]Cc3cccc(-c4ncc(-c5cnn(CCN6CCCC6)c5)cn4)c3)n2)cn1. The molecule has 4 aromatic heterocycles. The molecule has 1 fully saturated rings. The first kappa shape index (κ1) is 25.6. The van der Waals surface area contributed by atoms with E-state index in [0.29, 0.717) is 23.9 Å². The number of aryl methyl sites for hydroxylation is 1. The summed E-state index contributed by atoms with van der Waals surface area (Å²) in [6.07, 6.45) is 15.5. The van der Waals surface area contributed by atoms with E-state index in [-0.39, 0.29) is 5.82 Å². The number of hydrogen-bond donors (Lipinski definition) is 2. The van der Waals surface area contributed by atoms with Crippen molar-refractivity contribution in [2.75, 3.05) is 19.6 Å². The Morgan fingerprint density at radius 3 is 2.48 bits per heavy atom. The van der Waals surface area contributed by atoms with Crippen molar-refractivity contribution in [2.45, 2.75) is 25.9 Å². The number of quaternary nitrogens is 1. The Hall–Kier alpha value is -4.68. The summed E-state index contributed by atoms with van der Waals surface area (Å²) in [5, 5.41) is 14.2. The molecular weight excluding hydrogens is 504 g/mol. The van der Waals surface area contributed by atoms with Gasteiger partial charge in [0.25, 0.3) is 11.6 Å². The van der Waals surface area contributed by atoms with E-state index in [9.17, 15) is 0 Å². The van der Waals surface area contributed by atoms with Crippen LogP contribution in [0, 0.1) is 5.53 Å². The van der Waals surface area contributed by atoms with Gasteiger partial charge >= 0.3 is 0 Å². The van der Waals surface area contributed by atoms with E-state index >= 15 is 0 Å². The van der Waals surface area contributed by atoms with Crippen LogP contribution in [0.3, 0.4) is 0 Å². The molecule has 1 aliphatic heterocycles. The topological polar surface area (TPSA) is 143 Å². The van der Waals surface area contributed by atoms with Gasteiger partial charge in [-0.15, -0.1) is 5.11 Å². The lowest BCUT2D eigenvalue weighted by molar-refractivity contribution is -0.591. The number of nitrogens with one attached hydrogen (secondary N) is 1. The molecule has 0 radical (unpaired) electrons. The molecule has 1 aromatic carbocycles. The van der Waals surface area contributed by atoms with Crippen molar-refractivity contribution < 1.29 is 5.32 Å². The maximum atomic E-state index is 7.49. The van der Waals surface area contributed by atoms with Crippen LogP contribution in [0.15, 0.2) is 72.8 Å². The van der Waals surface area contributed by atoms with E-state index < -0.39 is 0 Å². The molecule has 202 valence electrons. The lowest BCUT2D eigenvalue weighted by atomic mass is 10.1. The van der Waals surface area contributed by atoms with Crippen molar-refractivity contribution >= 4 is 11.6 Å². The average Bonchev–Trinajstić information content (AvgIpc) is 3.78. The van der Waals surface area contributed by atoms with Gasteiger partial charge in [0.05, 0.1) is 30.8 Å². The molecule has 1 saturated heterocycles. The first-order valence-electron chi connectivity index (χ1n) is 13.4. The van der Waals surface area contributed by atoms with Gasteiger partial charge in [-0.2, -0.15) is 15.2 Å². The number of nitrogens with zero attached hydrogens (tertiary/aromatic N) is 10. The highest BCUT2D eigenvalue weighted by Gasteiger charge is 2.15. The number of hydrogen-bond acceptors (Lipinski definition) is 9. The molecule has 5 heterocycles. The van der Waals surface area contributed by atoms with E-state index in [1.165, 1.54) is 25.9 Å². The third-order valence-corrected chi connectivity index (χ3v) is 7.06. The second-order valence-electron chi connectivity index (χ2n) is 9.92. The van der Waals surface area contributed by atoms with E-state index in [1.54, 1.807) is 17.1 Å². The predicted molar refractivity (Wildman–Crippen MR) is 149 cm³/mol. The number of rotatable bonds is 10. The van der Waals surface area contributed by atoms with Crippen LogP contribution in [0.5, 0.6) is 0 Å². The summed E-state index contributed by atoms with van der Waals surface area (Å²) in [5.41, 5.74) is 13.0. The standard InChI is InChI=1S/C28H30N12/c1-38-18-24(16-34-38)25-17-33-28(37-29)27(36-25)30-12-20-5-4-6-21(11-20)26-31-13-22(14-32-26)23-15-35-40(19-23)10-9-39-7-2-3-8-39/h4-6,11,13-19,29H,2-3,7-10,12H2,1H3,(H,30,36)/p+1. The van der Waals surface area contributed by atoms with Crippen molar-refractivity contribution in [1.29, 1.82) is 5.53 Å². The Balaban J connectivity index is 1.12. The molecule has 0 amide bonds. The zero-order chi connectivity index (χ0) is 27.3. The Morgan fingerprint density at radius 1 is 0.875 bits per heavy atom. The molecule has 0 spiro atoms. The molecule has 6 rings (SSSR count). The fourth-order valence-electron chi connectivity index (χ4n) is 4.88. The van der Waals surface area contributed by atoms with Gasteiger partial charge in [-0.05, 0) is 32.0 Å². The van der Waals surface area contributed by atoms with Gasteiger partial charge in [-0.3, -0.25) is 14.7 Å². The number of nitrogens with two attached hydrogens (primary N) is 1. The quantitative estimate of drug-likeness (QED) is 0.261. The minimum Gasteiger partial charge on any atom is -0.301 e. The molecule has 3 N–H and O–H groups in total. The van der Waals surface area contributed by atoms with Crippen molar-refractivity contribution in [3.8, 4) is 33.8 Å². The van der Waals surface area contributed by atoms with Gasteiger partial charge in [0.15, 0.2) is 5.82 Å². The third-order valence-electron chi connectivity index (χ3n) is 7.06. The van der Waals surface area contributed by atoms with Crippen LogP contribution in [0.1, 0.15) is 18.4 Å². The molecule has 0 saturated carbocycles. The lowest BCUT2D eigenvalue weighted by Crippen LogP contribution is -2.76. The zero-order valence-corrected chi connectivity index (χ0v) is 22.4. The van der Waals surface area contributed by atoms with Gasteiger partial charge in [-0.25, -0.2) is 20.5 Å². The van der Waals surface area contributed by atoms with Crippen LogP contribution >= 0.6 is 0 Å². The summed E-state index contributed by atoms with van der Waals surface area (Å²) in [6.45, 7) is 4.90. The van der Waals surface area contributed by atoms with Crippen LogP contribution in [0.4, 0.5) is 11.6 Å². The van der Waals surface area contributed by atoms with E-state index in [0.717, 1.165) is 40.9 Å². The van der Waals surface area contributed by atoms with Gasteiger partial charge < -0.3 is 4.90 Å². The molecule has 1 aliphatic rings. The largest absolute Gasteiger partial charge is 0.301 e. The van der Waals surface area contributed by atoms with Crippen LogP contribution in [-0.4, -0.2) is 64.0 Å². The van der Waals surface area contributed by atoms with Crippen LogP contribution in [0.25, 0.3) is 33.8 Å². The molecule has 0 atom stereocenters. The zero-order valence-electron chi connectivity index (χ0n) is 22.4.